The minimum absolute atomic E-state index is 0.298. The molecule has 1 fully saturated rings. The Bertz CT molecular complexity index is 584. The van der Waals surface area contributed by atoms with Crippen molar-refractivity contribution in [3.05, 3.63) is 29.8 Å². The van der Waals surface area contributed by atoms with Gasteiger partial charge in [-0.2, -0.15) is 0 Å². The summed E-state index contributed by atoms with van der Waals surface area (Å²) < 4.78 is 40.9. The lowest BCUT2D eigenvalue weighted by Crippen LogP contribution is -2.51. The van der Waals surface area contributed by atoms with E-state index in [-0.39, 0.29) is 5.75 Å². The molecule has 24 heavy (non-hydrogen) atoms. The van der Waals surface area contributed by atoms with E-state index >= 15 is 0 Å². The SMILES string of the molecule is CC[C@H](C(N)=O)N1CCC(O)(c2cccc(OC(F)(F)F)c2)CC1. The molecule has 0 saturated carbocycles. The van der Waals surface area contributed by atoms with Crippen molar-refractivity contribution in [2.45, 2.75) is 44.2 Å². The van der Waals surface area contributed by atoms with Gasteiger partial charge < -0.3 is 15.6 Å². The highest BCUT2D eigenvalue weighted by atomic mass is 19.4. The smallest absolute Gasteiger partial charge is 0.406 e. The van der Waals surface area contributed by atoms with Crippen molar-refractivity contribution in [2.75, 3.05) is 13.1 Å². The molecule has 1 aliphatic heterocycles. The first-order chi connectivity index (χ1) is 11.1. The fourth-order valence-electron chi connectivity index (χ4n) is 3.12. The molecule has 0 unspecified atom stereocenters. The molecule has 1 heterocycles. The molecule has 1 saturated heterocycles. The maximum absolute atomic E-state index is 12.3. The maximum atomic E-state index is 12.3. The van der Waals surface area contributed by atoms with Gasteiger partial charge in [-0.15, -0.1) is 13.2 Å². The van der Waals surface area contributed by atoms with Crippen LogP contribution < -0.4 is 10.5 Å². The van der Waals surface area contributed by atoms with E-state index in [4.69, 9.17) is 5.73 Å². The Hall–Kier alpha value is -1.80. The van der Waals surface area contributed by atoms with Crippen LogP contribution >= 0.6 is 0 Å². The van der Waals surface area contributed by atoms with Crippen molar-refractivity contribution in [2.24, 2.45) is 5.73 Å². The highest BCUT2D eigenvalue weighted by Crippen LogP contribution is 2.36. The first kappa shape index (κ1) is 18.5. The second-order valence-corrected chi connectivity index (χ2v) is 5.97. The number of likely N-dealkylation sites (tertiary alicyclic amines) is 1. The van der Waals surface area contributed by atoms with Gasteiger partial charge in [0.15, 0.2) is 0 Å². The maximum Gasteiger partial charge on any atom is 0.573 e. The molecule has 0 aliphatic carbocycles. The number of nitrogens with two attached hydrogens (primary N) is 1. The lowest BCUT2D eigenvalue weighted by molar-refractivity contribution is -0.274. The summed E-state index contributed by atoms with van der Waals surface area (Å²) in [5, 5.41) is 10.8. The van der Waals surface area contributed by atoms with Crippen LogP contribution in [0.2, 0.25) is 0 Å². The fourth-order valence-corrected chi connectivity index (χ4v) is 3.12. The molecule has 3 N–H and O–H groups in total. The van der Waals surface area contributed by atoms with Crippen molar-refractivity contribution in [3.8, 4) is 5.75 Å². The van der Waals surface area contributed by atoms with Crippen LogP contribution in [0, 0.1) is 0 Å². The number of halogens is 3. The highest BCUT2D eigenvalue weighted by Gasteiger charge is 2.38. The monoisotopic (exact) mass is 346 g/mol. The van der Waals surface area contributed by atoms with E-state index in [1.807, 2.05) is 11.8 Å². The Labute approximate surface area is 138 Å². The van der Waals surface area contributed by atoms with Gasteiger partial charge in [0.05, 0.1) is 11.6 Å². The Balaban J connectivity index is 2.10. The van der Waals surface area contributed by atoms with E-state index in [1.165, 1.54) is 18.2 Å². The van der Waals surface area contributed by atoms with Gasteiger partial charge in [-0.05, 0) is 37.0 Å². The molecular weight excluding hydrogens is 325 g/mol. The highest BCUT2D eigenvalue weighted by molar-refractivity contribution is 5.79. The molecule has 1 amide bonds. The molecule has 1 aliphatic rings. The summed E-state index contributed by atoms with van der Waals surface area (Å²) in [4.78, 5) is 13.3. The number of benzene rings is 1. The lowest BCUT2D eigenvalue weighted by Gasteiger charge is -2.41. The quantitative estimate of drug-likeness (QED) is 0.856. The Morgan fingerprint density at radius 3 is 2.54 bits per heavy atom. The van der Waals surface area contributed by atoms with E-state index in [0.717, 1.165) is 0 Å². The van der Waals surface area contributed by atoms with Gasteiger partial charge in [0.25, 0.3) is 0 Å². The number of hydrogen-bond donors (Lipinski definition) is 2. The Kier molecular flexibility index (Phi) is 5.39. The van der Waals surface area contributed by atoms with Crippen molar-refractivity contribution in [1.29, 1.82) is 0 Å². The first-order valence-corrected chi connectivity index (χ1v) is 7.76. The topological polar surface area (TPSA) is 75.8 Å². The van der Waals surface area contributed by atoms with Gasteiger partial charge >= 0.3 is 6.36 Å². The minimum atomic E-state index is -4.78. The van der Waals surface area contributed by atoms with Gasteiger partial charge in [-0.1, -0.05) is 19.1 Å². The van der Waals surface area contributed by atoms with Crippen LogP contribution in [0.4, 0.5) is 13.2 Å². The number of primary amides is 1. The van der Waals surface area contributed by atoms with Crippen LogP contribution in [0.5, 0.6) is 5.75 Å². The van der Waals surface area contributed by atoms with Crippen molar-refractivity contribution >= 4 is 5.91 Å². The largest absolute Gasteiger partial charge is 0.573 e. The second-order valence-electron chi connectivity index (χ2n) is 5.97. The van der Waals surface area contributed by atoms with Crippen LogP contribution in [0.1, 0.15) is 31.7 Å². The summed E-state index contributed by atoms with van der Waals surface area (Å²) in [6.07, 6.45) is -3.61. The van der Waals surface area contributed by atoms with Crippen LogP contribution in [0.15, 0.2) is 24.3 Å². The molecule has 0 bridgehead atoms. The third-order valence-electron chi connectivity index (χ3n) is 4.39. The molecule has 1 aromatic rings. The van der Waals surface area contributed by atoms with E-state index in [9.17, 15) is 23.1 Å². The van der Waals surface area contributed by atoms with Gasteiger partial charge in [0.2, 0.25) is 5.91 Å². The minimum Gasteiger partial charge on any atom is -0.406 e. The van der Waals surface area contributed by atoms with E-state index in [0.29, 0.717) is 37.9 Å². The Morgan fingerprint density at radius 1 is 1.42 bits per heavy atom. The summed E-state index contributed by atoms with van der Waals surface area (Å²) in [7, 11) is 0. The first-order valence-electron chi connectivity index (χ1n) is 7.76. The summed E-state index contributed by atoms with van der Waals surface area (Å²) >= 11 is 0. The molecular formula is C16H21F3N2O3. The van der Waals surface area contributed by atoms with Crippen LogP contribution in [0.3, 0.4) is 0 Å². The summed E-state index contributed by atoms with van der Waals surface area (Å²) in [6.45, 7) is 2.72. The molecule has 5 nitrogen and oxygen atoms in total. The lowest BCUT2D eigenvalue weighted by atomic mass is 9.84. The number of piperidine rings is 1. The zero-order valence-electron chi connectivity index (χ0n) is 13.3. The zero-order chi connectivity index (χ0) is 18.0. The predicted molar refractivity (Wildman–Crippen MR) is 81.1 cm³/mol. The van der Waals surface area contributed by atoms with Gasteiger partial charge in [-0.25, -0.2) is 0 Å². The number of amides is 1. The summed E-state index contributed by atoms with van der Waals surface area (Å²) in [6, 6.07) is 4.99. The number of rotatable bonds is 5. The molecule has 0 aromatic heterocycles. The van der Waals surface area contributed by atoms with Crippen molar-refractivity contribution in [1.82, 2.24) is 4.90 Å². The van der Waals surface area contributed by atoms with Crippen molar-refractivity contribution < 1.29 is 27.8 Å². The normalized spacial score (nSPS) is 19.7. The molecule has 0 radical (unpaired) electrons. The van der Waals surface area contributed by atoms with Crippen LogP contribution in [0.25, 0.3) is 0 Å². The average Bonchev–Trinajstić information content (AvgIpc) is 2.48. The number of carbonyl (C=O) groups is 1. The molecule has 134 valence electrons. The third-order valence-corrected chi connectivity index (χ3v) is 4.39. The second kappa shape index (κ2) is 6.98. The molecule has 1 aromatic carbocycles. The van der Waals surface area contributed by atoms with Gasteiger partial charge in [-0.3, -0.25) is 9.69 Å². The zero-order valence-corrected chi connectivity index (χ0v) is 13.3. The van der Waals surface area contributed by atoms with Crippen LogP contribution in [-0.4, -0.2) is 41.4 Å². The Morgan fingerprint density at radius 2 is 2.04 bits per heavy atom. The summed E-state index contributed by atoms with van der Waals surface area (Å²) in [5.74, 6) is -0.775. The number of ether oxygens (including phenoxy) is 1. The average molecular weight is 346 g/mol. The number of alkyl halides is 3. The van der Waals surface area contributed by atoms with Crippen LogP contribution in [-0.2, 0) is 10.4 Å². The standard InChI is InChI=1S/C16H21F3N2O3/c1-2-13(14(20)22)21-8-6-15(23,7-9-21)11-4-3-5-12(10-11)24-16(17,18)19/h3-5,10,13,23H,2,6-9H2,1H3,(H2,20,22)/t13-/m1/s1. The van der Waals surface area contributed by atoms with E-state index < -0.39 is 23.9 Å². The third kappa shape index (κ3) is 4.39. The van der Waals surface area contributed by atoms with Gasteiger partial charge in [0.1, 0.15) is 5.75 Å². The molecule has 2 rings (SSSR count). The van der Waals surface area contributed by atoms with E-state index in [2.05, 4.69) is 4.74 Å². The number of nitrogens with zero attached hydrogens (tertiary/aromatic N) is 1. The molecule has 0 spiro atoms. The summed E-state index contributed by atoms with van der Waals surface area (Å²) in [5.41, 5.74) is 4.49. The molecule has 8 heteroatoms. The van der Waals surface area contributed by atoms with E-state index in [1.54, 1.807) is 6.07 Å². The number of aliphatic hydroxyl groups is 1. The van der Waals surface area contributed by atoms with Gasteiger partial charge in [0, 0.05) is 13.1 Å². The molecule has 1 atom stereocenters. The van der Waals surface area contributed by atoms with Crippen molar-refractivity contribution in [3.63, 3.8) is 0 Å². The number of hydrogen-bond acceptors (Lipinski definition) is 4. The number of carbonyl (C=O) groups excluding carboxylic acids is 1. The predicted octanol–water partition coefficient (Wildman–Crippen LogP) is 2.13. The fraction of sp³-hybridized carbons (Fsp3) is 0.562.